The van der Waals surface area contributed by atoms with E-state index in [1.165, 1.54) is 0 Å². The molecule has 0 bridgehead atoms. The molecular formula is C12H16N2O. The Bertz CT molecular complexity index is 399. The highest BCUT2D eigenvalue weighted by Crippen LogP contribution is 2.28. The van der Waals surface area contributed by atoms with Crippen molar-refractivity contribution in [3.8, 4) is 0 Å². The zero-order valence-electron chi connectivity index (χ0n) is 9.45. The lowest BCUT2D eigenvalue weighted by atomic mass is 10.0. The van der Waals surface area contributed by atoms with Crippen LogP contribution >= 0.6 is 0 Å². The predicted octanol–water partition coefficient (Wildman–Crippen LogP) is 2.18. The summed E-state index contributed by atoms with van der Waals surface area (Å²) in [7, 11) is 0. The Balaban J connectivity index is 2.49. The van der Waals surface area contributed by atoms with E-state index >= 15 is 0 Å². The lowest BCUT2D eigenvalue weighted by molar-refractivity contribution is 0.0787. The number of pyridine rings is 1. The topological polar surface area (TPSA) is 33.2 Å². The largest absolute Gasteiger partial charge is 0.334 e. The number of amides is 1. The van der Waals surface area contributed by atoms with Gasteiger partial charge in [0.05, 0.1) is 0 Å². The average molecular weight is 204 g/mol. The van der Waals surface area contributed by atoms with E-state index in [4.69, 9.17) is 0 Å². The number of rotatable bonds is 2. The van der Waals surface area contributed by atoms with Crippen LogP contribution in [0, 0.1) is 0 Å². The Morgan fingerprint density at radius 2 is 2.27 bits per heavy atom. The lowest BCUT2D eigenvalue weighted by Gasteiger charge is -2.12. The Kier molecular flexibility index (Phi) is 2.47. The molecule has 1 amide bonds. The summed E-state index contributed by atoms with van der Waals surface area (Å²) in [6.45, 7) is 7.73. The lowest BCUT2D eigenvalue weighted by Crippen LogP contribution is -2.22. The molecule has 0 N–H and O–H groups in total. The second-order valence-corrected chi connectivity index (χ2v) is 4.20. The van der Waals surface area contributed by atoms with E-state index in [0.29, 0.717) is 5.92 Å². The van der Waals surface area contributed by atoms with Crippen molar-refractivity contribution < 1.29 is 4.79 Å². The number of carbonyl (C=O) groups is 1. The van der Waals surface area contributed by atoms with E-state index in [1.807, 2.05) is 17.9 Å². The van der Waals surface area contributed by atoms with Crippen LogP contribution in [0.5, 0.6) is 0 Å². The van der Waals surface area contributed by atoms with Gasteiger partial charge in [-0.2, -0.15) is 0 Å². The average Bonchev–Trinajstić information content (AvgIpc) is 2.55. The zero-order valence-corrected chi connectivity index (χ0v) is 9.45. The first kappa shape index (κ1) is 10.1. The van der Waals surface area contributed by atoms with Crippen molar-refractivity contribution in [1.82, 2.24) is 9.88 Å². The summed E-state index contributed by atoms with van der Waals surface area (Å²) in [6, 6.07) is 1.83. The number of carbonyl (C=O) groups excluding carboxylic acids is 1. The van der Waals surface area contributed by atoms with Gasteiger partial charge in [0, 0.05) is 36.1 Å². The molecule has 0 spiro atoms. The molecule has 0 unspecified atom stereocenters. The molecule has 0 aromatic carbocycles. The van der Waals surface area contributed by atoms with Gasteiger partial charge in [-0.25, -0.2) is 0 Å². The smallest absolute Gasteiger partial charge is 0.254 e. The molecule has 1 aromatic heterocycles. The first-order chi connectivity index (χ1) is 7.15. The number of aromatic nitrogens is 1. The molecule has 2 rings (SSSR count). The summed E-state index contributed by atoms with van der Waals surface area (Å²) in [5, 5.41) is 0. The van der Waals surface area contributed by atoms with E-state index in [9.17, 15) is 4.79 Å². The van der Waals surface area contributed by atoms with Gasteiger partial charge in [0.25, 0.3) is 5.91 Å². The second-order valence-electron chi connectivity index (χ2n) is 4.20. The molecule has 0 atom stereocenters. The van der Waals surface area contributed by atoms with Crippen LogP contribution in [-0.2, 0) is 6.54 Å². The first-order valence-electron chi connectivity index (χ1n) is 5.42. The van der Waals surface area contributed by atoms with Crippen LogP contribution in [0.25, 0.3) is 0 Å². The quantitative estimate of drug-likeness (QED) is 0.739. The van der Waals surface area contributed by atoms with Gasteiger partial charge in [-0.3, -0.25) is 9.78 Å². The highest BCUT2D eigenvalue weighted by Gasteiger charge is 2.29. The van der Waals surface area contributed by atoms with Gasteiger partial charge in [-0.05, 0) is 18.9 Å². The summed E-state index contributed by atoms with van der Waals surface area (Å²) < 4.78 is 0. The van der Waals surface area contributed by atoms with Crippen LogP contribution in [0.1, 0.15) is 48.3 Å². The van der Waals surface area contributed by atoms with Gasteiger partial charge in [0.2, 0.25) is 0 Å². The summed E-state index contributed by atoms with van der Waals surface area (Å²) in [5.74, 6) is 0.529. The Morgan fingerprint density at radius 1 is 1.53 bits per heavy atom. The normalized spacial score (nSPS) is 14.9. The van der Waals surface area contributed by atoms with E-state index in [2.05, 4.69) is 18.8 Å². The minimum Gasteiger partial charge on any atom is -0.334 e. The second kappa shape index (κ2) is 3.65. The molecular weight excluding hydrogens is 188 g/mol. The summed E-state index contributed by atoms with van der Waals surface area (Å²) in [5.41, 5.74) is 3.03. The van der Waals surface area contributed by atoms with Crippen LogP contribution in [0.15, 0.2) is 12.3 Å². The van der Waals surface area contributed by atoms with Crippen molar-refractivity contribution in [3.05, 3.63) is 29.1 Å². The van der Waals surface area contributed by atoms with E-state index in [1.54, 1.807) is 6.20 Å². The molecule has 80 valence electrons. The zero-order chi connectivity index (χ0) is 11.0. The highest BCUT2D eigenvalue weighted by molar-refractivity contribution is 5.98. The maximum Gasteiger partial charge on any atom is 0.254 e. The van der Waals surface area contributed by atoms with Crippen molar-refractivity contribution in [1.29, 1.82) is 0 Å². The third-order valence-electron chi connectivity index (χ3n) is 2.88. The number of hydrogen-bond acceptors (Lipinski definition) is 2. The fourth-order valence-corrected chi connectivity index (χ4v) is 2.06. The van der Waals surface area contributed by atoms with Gasteiger partial charge < -0.3 is 4.90 Å². The van der Waals surface area contributed by atoms with E-state index in [0.717, 1.165) is 29.9 Å². The predicted molar refractivity (Wildman–Crippen MR) is 58.7 cm³/mol. The molecule has 1 aliphatic rings. The summed E-state index contributed by atoms with van der Waals surface area (Å²) >= 11 is 0. The molecule has 2 heterocycles. The Labute approximate surface area is 90.1 Å². The minimum atomic E-state index is 0.150. The Hall–Kier alpha value is -1.38. The van der Waals surface area contributed by atoms with E-state index in [-0.39, 0.29) is 5.91 Å². The van der Waals surface area contributed by atoms with E-state index < -0.39 is 0 Å². The van der Waals surface area contributed by atoms with Crippen molar-refractivity contribution >= 4 is 5.91 Å². The molecule has 1 aromatic rings. The number of hydrogen-bond donors (Lipinski definition) is 0. The van der Waals surface area contributed by atoms with Crippen LogP contribution in [0.2, 0.25) is 0 Å². The summed E-state index contributed by atoms with van der Waals surface area (Å²) in [4.78, 5) is 18.1. The molecule has 0 fully saturated rings. The molecule has 3 nitrogen and oxygen atoms in total. The maximum absolute atomic E-state index is 11.9. The molecule has 3 heteroatoms. The molecule has 0 saturated carbocycles. The summed E-state index contributed by atoms with van der Waals surface area (Å²) in [6.07, 6.45) is 1.74. The SMILES string of the molecule is CCN1Cc2c(ccnc2C(C)C)C1=O. The maximum atomic E-state index is 11.9. The van der Waals surface area contributed by atoms with Crippen molar-refractivity contribution in [2.45, 2.75) is 33.2 Å². The fraction of sp³-hybridized carbons (Fsp3) is 0.500. The van der Waals surface area contributed by atoms with Crippen LogP contribution in [-0.4, -0.2) is 22.3 Å². The number of fused-ring (bicyclic) bond motifs is 1. The first-order valence-corrected chi connectivity index (χ1v) is 5.42. The highest BCUT2D eigenvalue weighted by atomic mass is 16.2. The molecule has 15 heavy (non-hydrogen) atoms. The molecule has 0 radical (unpaired) electrons. The van der Waals surface area contributed by atoms with Crippen LogP contribution in [0.3, 0.4) is 0 Å². The third kappa shape index (κ3) is 1.52. The van der Waals surface area contributed by atoms with Crippen molar-refractivity contribution in [3.63, 3.8) is 0 Å². The molecule has 0 aliphatic carbocycles. The van der Waals surface area contributed by atoms with Crippen molar-refractivity contribution in [2.24, 2.45) is 0 Å². The standard InChI is InChI=1S/C12H16N2O/c1-4-14-7-10-9(12(14)15)5-6-13-11(10)8(2)3/h5-6,8H,4,7H2,1-3H3. The monoisotopic (exact) mass is 204 g/mol. The fourth-order valence-electron chi connectivity index (χ4n) is 2.06. The third-order valence-corrected chi connectivity index (χ3v) is 2.88. The van der Waals surface area contributed by atoms with Gasteiger partial charge in [-0.15, -0.1) is 0 Å². The molecule has 0 saturated heterocycles. The molecule has 1 aliphatic heterocycles. The van der Waals surface area contributed by atoms with Gasteiger partial charge in [0.15, 0.2) is 0 Å². The van der Waals surface area contributed by atoms with Gasteiger partial charge >= 0.3 is 0 Å². The van der Waals surface area contributed by atoms with Gasteiger partial charge in [-0.1, -0.05) is 13.8 Å². The van der Waals surface area contributed by atoms with Crippen LogP contribution in [0.4, 0.5) is 0 Å². The van der Waals surface area contributed by atoms with Crippen LogP contribution < -0.4 is 0 Å². The van der Waals surface area contributed by atoms with Gasteiger partial charge in [0.1, 0.15) is 0 Å². The Morgan fingerprint density at radius 3 is 2.87 bits per heavy atom. The van der Waals surface area contributed by atoms with Crippen molar-refractivity contribution in [2.75, 3.05) is 6.54 Å². The minimum absolute atomic E-state index is 0.150. The number of nitrogens with zero attached hydrogens (tertiary/aromatic N) is 2.